The summed E-state index contributed by atoms with van der Waals surface area (Å²) in [6.07, 6.45) is 5.33. The van der Waals surface area contributed by atoms with Crippen molar-refractivity contribution in [2.24, 2.45) is 0 Å². The molecule has 0 radical (unpaired) electrons. The van der Waals surface area contributed by atoms with Crippen molar-refractivity contribution in [3.8, 4) is 10.4 Å². The molecule has 5 rings (SSSR count). The van der Waals surface area contributed by atoms with E-state index in [9.17, 15) is 9.18 Å². The van der Waals surface area contributed by atoms with Crippen molar-refractivity contribution >= 4 is 27.8 Å². The van der Waals surface area contributed by atoms with Crippen LogP contribution in [0.4, 0.5) is 10.2 Å². The van der Waals surface area contributed by atoms with Gasteiger partial charge in [0.25, 0.3) is 5.56 Å². The van der Waals surface area contributed by atoms with Gasteiger partial charge in [-0.25, -0.2) is 14.4 Å². The van der Waals surface area contributed by atoms with Gasteiger partial charge in [-0.2, -0.15) is 0 Å². The van der Waals surface area contributed by atoms with Gasteiger partial charge in [-0.15, -0.1) is 0 Å². The summed E-state index contributed by atoms with van der Waals surface area (Å²) in [5.41, 5.74) is 1.61. The van der Waals surface area contributed by atoms with Gasteiger partial charge in [0, 0.05) is 56.4 Å². The highest BCUT2D eigenvalue weighted by Gasteiger charge is 2.16. The van der Waals surface area contributed by atoms with E-state index in [0.717, 1.165) is 36.8 Å². The van der Waals surface area contributed by atoms with Crippen LogP contribution in [0.5, 0.6) is 0 Å². The van der Waals surface area contributed by atoms with E-state index in [4.69, 9.17) is 0 Å². The van der Waals surface area contributed by atoms with Crippen LogP contribution in [0.2, 0.25) is 0 Å². The van der Waals surface area contributed by atoms with E-state index in [1.807, 2.05) is 13.1 Å². The van der Waals surface area contributed by atoms with Gasteiger partial charge < -0.3 is 14.6 Å². The van der Waals surface area contributed by atoms with Gasteiger partial charge in [0.1, 0.15) is 5.82 Å². The van der Waals surface area contributed by atoms with Crippen molar-refractivity contribution in [2.75, 3.05) is 31.1 Å². The predicted octanol–water partition coefficient (Wildman–Crippen LogP) is 1.93. The number of imidazole rings is 1. The summed E-state index contributed by atoms with van der Waals surface area (Å²) >= 11 is 1.38. The van der Waals surface area contributed by atoms with Gasteiger partial charge in [-0.1, -0.05) is 11.3 Å². The van der Waals surface area contributed by atoms with E-state index >= 15 is 0 Å². The first-order valence-electron chi connectivity index (χ1n) is 8.73. The van der Waals surface area contributed by atoms with E-state index < -0.39 is 0 Å². The Balaban J connectivity index is 1.62. The zero-order chi connectivity index (χ0) is 18.5. The van der Waals surface area contributed by atoms with Crippen LogP contribution in [0.1, 0.15) is 5.69 Å². The van der Waals surface area contributed by atoms with Crippen molar-refractivity contribution in [2.45, 2.75) is 6.92 Å². The number of thiazole rings is 1. The lowest BCUT2D eigenvalue weighted by molar-refractivity contribution is 0.585. The highest BCUT2D eigenvalue weighted by atomic mass is 32.1. The van der Waals surface area contributed by atoms with Gasteiger partial charge in [0.2, 0.25) is 0 Å². The number of aryl methyl sites for hydroxylation is 1. The highest BCUT2D eigenvalue weighted by molar-refractivity contribution is 7.20. The average Bonchev–Trinajstić information content (AvgIpc) is 3.26. The van der Waals surface area contributed by atoms with Crippen LogP contribution in [-0.4, -0.2) is 44.9 Å². The molecule has 1 saturated heterocycles. The third kappa shape index (κ3) is 2.79. The molecule has 0 aliphatic carbocycles. The fraction of sp³-hybridized carbons (Fsp3) is 0.278. The number of piperazine rings is 1. The summed E-state index contributed by atoms with van der Waals surface area (Å²) in [7, 11) is 0. The zero-order valence-electron chi connectivity index (χ0n) is 14.6. The molecule has 0 spiro atoms. The molecule has 0 bridgehead atoms. The predicted molar refractivity (Wildman–Crippen MR) is 103 cm³/mol. The van der Waals surface area contributed by atoms with Gasteiger partial charge in [0.15, 0.2) is 16.4 Å². The summed E-state index contributed by atoms with van der Waals surface area (Å²) in [6, 6.07) is 3.02. The first kappa shape index (κ1) is 16.4. The second kappa shape index (κ2) is 6.14. The molecule has 138 valence electrons. The Kier molecular flexibility index (Phi) is 3.73. The Morgan fingerprint density at radius 3 is 2.78 bits per heavy atom. The molecule has 0 unspecified atom stereocenters. The molecule has 9 heteroatoms. The minimum Gasteiger partial charge on any atom is -0.354 e. The Bertz CT molecular complexity index is 1220. The van der Waals surface area contributed by atoms with E-state index in [-0.39, 0.29) is 11.4 Å². The number of hydrogen-bond acceptors (Lipinski definition) is 6. The number of pyridine rings is 1. The first-order chi connectivity index (χ1) is 13.1. The van der Waals surface area contributed by atoms with Crippen LogP contribution in [-0.2, 0) is 0 Å². The maximum absolute atomic E-state index is 14.4. The molecule has 27 heavy (non-hydrogen) atoms. The van der Waals surface area contributed by atoms with Gasteiger partial charge in [-0.3, -0.25) is 9.20 Å². The Morgan fingerprint density at radius 1 is 1.15 bits per heavy atom. The molecule has 4 aromatic heterocycles. The summed E-state index contributed by atoms with van der Waals surface area (Å²) in [5, 5.41) is 3.29. The number of hydrogen-bond donors (Lipinski definition) is 1. The normalized spacial score (nSPS) is 15.1. The zero-order valence-corrected chi connectivity index (χ0v) is 15.5. The van der Waals surface area contributed by atoms with E-state index in [0.29, 0.717) is 22.0 Å². The molecule has 4 aromatic rings. The molecule has 1 fully saturated rings. The maximum Gasteiger partial charge on any atom is 0.260 e. The average molecular weight is 384 g/mol. The summed E-state index contributed by atoms with van der Waals surface area (Å²) in [4.78, 5) is 24.9. The highest BCUT2D eigenvalue weighted by Crippen LogP contribution is 2.29. The minimum atomic E-state index is -0.389. The minimum absolute atomic E-state index is 0.129. The molecule has 1 aliphatic rings. The molecule has 1 N–H and O–H groups in total. The Labute approximate surface area is 157 Å². The number of aromatic nitrogens is 4. The lowest BCUT2D eigenvalue weighted by atomic mass is 10.2. The fourth-order valence-corrected chi connectivity index (χ4v) is 4.36. The molecule has 0 saturated carbocycles. The number of halogens is 1. The summed E-state index contributed by atoms with van der Waals surface area (Å²) in [6.45, 7) is 5.22. The smallest absolute Gasteiger partial charge is 0.260 e. The fourth-order valence-electron chi connectivity index (χ4n) is 3.39. The van der Waals surface area contributed by atoms with Crippen LogP contribution < -0.4 is 15.8 Å². The van der Waals surface area contributed by atoms with E-state index in [1.54, 1.807) is 22.9 Å². The van der Waals surface area contributed by atoms with Crippen LogP contribution in [0.3, 0.4) is 0 Å². The molecular formula is C18H17FN6OS. The van der Waals surface area contributed by atoms with Crippen molar-refractivity contribution in [1.29, 1.82) is 0 Å². The number of anilines is 1. The van der Waals surface area contributed by atoms with Gasteiger partial charge in [-0.05, 0) is 13.0 Å². The largest absolute Gasteiger partial charge is 0.354 e. The second-order valence-electron chi connectivity index (χ2n) is 6.63. The molecular weight excluding hydrogens is 367 g/mol. The van der Waals surface area contributed by atoms with Crippen molar-refractivity contribution in [3.05, 3.63) is 52.6 Å². The first-order valence-corrected chi connectivity index (χ1v) is 9.54. The van der Waals surface area contributed by atoms with Crippen molar-refractivity contribution in [3.63, 3.8) is 0 Å². The molecule has 7 nitrogen and oxygen atoms in total. The topological polar surface area (TPSA) is 66.9 Å². The van der Waals surface area contributed by atoms with Crippen LogP contribution in [0, 0.1) is 12.7 Å². The van der Waals surface area contributed by atoms with Crippen molar-refractivity contribution < 1.29 is 4.39 Å². The van der Waals surface area contributed by atoms with E-state index in [2.05, 4.69) is 20.2 Å². The van der Waals surface area contributed by atoms with Crippen LogP contribution >= 0.6 is 11.3 Å². The van der Waals surface area contributed by atoms with Crippen molar-refractivity contribution in [1.82, 2.24) is 24.1 Å². The molecule has 0 aromatic carbocycles. The number of fused-ring (bicyclic) bond motifs is 2. The monoisotopic (exact) mass is 384 g/mol. The van der Waals surface area contributed by atoms with Crippen LogP contribution in [0.15, 0.2) is 35.5 Å². The van der Waals surface area contributed by atoms with E-state index in [1.165, 1.54) is 21.8 Å². The van der Waals surface area contributed by atoms with Gasteiger partial charge >= 0.3 is 0 Å². The summed E-state index contributed by atoms with van der Waals surface area (Å²) < 4.78 is 17.6. The molecule has 0 amide bonds. The molecule has 1 aliphatic heterocycles. The number of rotatable bonds is 2. The summed E-state index contributed by atoms with van der Waals surface area (Å²) in [5.74, 6) is 0.307. The lowest BCUT2D eigenvalue weighted by Gasteiger charge is -2.28. The quantitative estimate of drug-likeness (QED) is 0.572. The number of nitrogens with one attached hydrogen (secondary N) is 1. The Hall–Kier alpha value is -2.78. The standard InChI is InChI=1S/C18H17FN6OS/c1-11-8-24-9-12(6-13(19)17(24)21-11)14-10-25-16(26)7-15(22-18(25)27-14)23-4-2-20-3-5-23/h6-10,20H,2-5H2,1H3. The Morgan fingerprint density at radius 2 is 1.96 bits per heavy atom. The maximum atomic E-state index is 14.4. The third-order valence-electron chi connectivity index (χ3n) is 4.71. The lowest BCUT2D eigenvalue weighted by Crippen LogP contribution is -2.44. The van der Waals surface area contributed by atoms with Crippen LogP contribution in [0.25, 0.3) is 21.0 Å². The van der Waals surface area contributed by atoms with Gasteiger partial charge in [0.05, 0.1) is 10.6 Å². The SMILES string of the molecule is Cc1cn2cc(-c3cn4c(=O)cc(N5CCNCC5)nc4s3)cc(F)c2n1. The second-order valence-corrected chi connectivity index (χ2v) is 7.64. The number of nitrogens with zero attached hydrogens (tertiary/aromatic N) is 5. The third-order valence-corrected chi connectivity index (χ3v) is 5.74. The molecule has 5 heterocycles. The molecule has 0 atom stereocenters.